The summed E-state index contributed by atoms with van der Waals surface area (Å²) < 4.78 is 11.9. The van der Waals surface area contributed by atoms with Crippen molar-refractivity contribution in [3.8, 4) is 79.4 Å². The predicted octanol–water partition coefficient (Wildman–Crippen LogP) is 9.74. The monoisotopic (exact) mass is 784 g/mol. The van der Waals surface area contributed by atoms with Crippen LogP contribution in [0.15, 0.2) is 48.5 Å². The van der Waals surface area contributed by atoms with Gasteiger partial charge in [0, 0.05) is 69.7 Å². The van der Waals surface area contributed by atoms with Crippen molar-refractivity contribution in [3.63, 3.8) is 0 Å². The predicted molar refractivity (Wildman–Crippen MR) is 229 cm³/mol. The summed E-state index contributed by atoms with van der Waals surface area (Å²) >= 11 is 0. The molecule has 0 saturated heterocycles. The number of likely N-dealkylation sites (N-methyl/N-ethyl adjacent to an activating group) is 2. The summed E-state index contributed by atoms with van der Waals surface area (Å²) in [5.74, 6) is 0.260. The van der Waals surface area contributed by atoms with Crippen molar-refractivity contribution in [3.05, 3.63) is 81.9 Å². The van der Waals surface area contributed by atoms with E-state index in [1.54, 1.807) is 12.1 Å². The van der Waals surface area contributed by atoms with Crippen LogP contribution in [0.2, 0.25) is 0 Å². The van der Waals surface area contributed by atoms with Crippen molar-refractivity contribution >= 4 is 21.5 Å². The average Bonchev–Trinajstić information content (AvgIpc) is 3.16. The second-order valence-electron chi connectivity index (χ2n) is 16.6. The zero-order valence-electron chi connectivity index (χ0n) is 34.7. The standard InChI is InChI=1S/C48H52N2O8/c1-21-11-27-29(43-33-15-23(3)49(7)25(5)41(33)35(51)19-37(43)53)17-31(47(55)45(27)39(13-21)57-9)32-18-30(28-12-22(2)14-40(58-10)46(28)48(32)56)44-34-16-24(4)50(8)26(6)42(34)36(52)20-38(44)54/h11-14,17-20,23-26,51-56H,15-16H2,1-10H3/t23-,24-,25+,26+/m1/s1. The van der Waals surface area contributed by atoms with Crippen LogP contribution < -0.4 is 9.47 Å². The SMILES string of the molecule is COc1cc(C)cc2c(-c3c(O)cc(O)c4c3C[C@@H](C)N(C)[C@H]4C)cc(-c3cc(-c4c(O)cc(O)c5c4C[C@@H](C)N(C)[C@H]5C)c4cc(C)cc(OC)c4c3O)c(O)c12. The Labute approximate surface area is 338 Å². The van der Waals surface area contributed by atoms with E-state index in [1.807, 2.05) is 66.1 Å². The van der Waals surface area contributed by atoms with Crippen molar-refractivity contribution in [1.29, 1.82) is 0 Å². The van der Waals surface area contributed by atoms with Crippen LogP contribution in [0.5, 0.6) is 46.0 Å². The van der Waals surface area contributed by atoms with E-state index in [1.165, 1.54) is 26.4 Å². The maximum Gasteiger partial charge on any atom is 0.135 e. The molecule has 2 heterocycles. The fourth-order valence-electron chi connectivity index (χ4n) is 9.87. The molecule has 0 saturated carbocycles. The zero-order chi connectivity index (χ0) is 41.8. The Kier molecular flexibility index (Phi) is 9.36. The normalized spacial score (nSPS) is 19.7. The first-order chi connectivity index (χ1) is 27.5. The minimum atomic E-state index is -0.158. The van der Waals surface area contributed by atoms with Gasteiger partial charge in [0.05, 0.1) is 25.0 Å². The first kappa shape index (κ1) is 39.0. The van der Waals surface area contributed by atoms with E-state index in [2.05, 4.69) is 23.6 Å². The third-order valence-corrected chi connectivity index (χ3v) is 13.2. The van der Waals surface area contributed by atoms with Crippen LogP contribution in [-0.4, -0.2) is 80.8 Å². The number of rotatable bonds is 5. The molecule has 8 rings (SSSR count). The van der Waals surface area contributed by atoms with Gasteiger partial charge in [0.15, 0.2) is 0 Å². The Balaban J connectivity index is 1.55. The molecule has 2 aliphatic heterocycles. The van der Waals surface area contributed by atoms with Gasteiger partial charge >= 0.3 is 0 Å². The second kappa shape index (κ2) is 13.9. The van der Waals surface area contributed by atoms with E-state index >= 15 is 0 Å². The number of hydrogen-bond donors (Lipinski definition) is 6. The minimum absolute atomic E-state index is 0.00522. The fraction of sp³-hybridized carbons (Fsp3) is 0.333. The first-order valence-corrected chi connectivity index (χ1v) is 19.8. The lowest BCUT2D eigenvalue weighted by Crippen LogP contribution is -2.38. The van der Waals surface area contributed by atoms with E-state index in [0.29, 0.717) is 79.3 Å². The van der Waals surface area contributed by atoms with Gasteiger partial charge in [-0.3, -0.25) is 9.80 Å². The second-order valence-corrected chi connectivity index (χ2v) is 16.6. The summed E-state index contributed by atoms with van der Waals surface area (Å²) in [6, 6.07) is 13.7. The molecule has 0 amide bonds. The molecule has 10 heteroatoms. The molecule has 6 N–H and O–H groups in total. The Morgan fingerprint density at radius 1 is 0.500 bits per heavy atom. The lowest BCUT2D eigenvalue weighted by atomic mass is 9.80. The number of aromatic hydroxyl groups is 6. The number of benzene rings is 6. The number of fused-ring (bicyclic) bond motifs is 4. The van der Waals surface area contributed by atoms with Crippen molar-refractivity contribution in [2.45, 2.75) is 78.6 Å². The number of methoxy groups -OCH3 is 2. The smallest absolute Gasteiger partial charge is 0.135 e. The van der Waals surface area contributed by atoms with Gasteiger partial charge in [0.1, 0.15) is 46.0 Å². The maximum absolute atomic E-state index is 12.5. The molecule has 0 aliphatic carbocycles. The minimum Gasteiger partial charge on any atom is -0.507 e. The molecule has 0 aromatic heterocycles. The highest BCUT2D eigenvalue weighted by molar-refractivity contribution is 6.13. The summed E-state index contributed by atoms with van der Waals surface area (Å²) in [5.41, 5.74) is 7.44. The number of phenolic OH excluding ortho intramolecular Hbond substituents is 6. The van der Waals surface area contributed by atoms with Gasteiger partial charge in [0.2, 0.25) is 0 Å². The molecular formula is C48H52N2O8. The van der Waals surface area contributed by atoms with Crippen LogP contribution in [0, 0.1) is 13.8 Å². The molecule has 6 aromatic carbocycles. The Morgan fingerprint density at radius 3 is 1.21 bits per heavy atom. The molecule has 0 radical (unpaired) electrons. The molecule has 0 bridgehead atoms. The van der Waals surface area contributed by atoms with Gasteiger partial charge in [-0.05, 0) is 137 Å². The topological polar surface area (TPSA) is 146 Å². The number of nitrogens with zero attached hydrogens (tertiary/aromatic N) is 2. The van der Waals surface area contributed by atoms with E-state index in [9.17, 15) is 30.6 Å². The van der Waals surface area contributed by atoms with Crippen LogP contribution in [0.4, 0.5) is 0 Å². The highest BCUT2D eigenvalue weighted by atomic mass is 16.5. The maximum atomic E-state index is 12.5. The molecule has 0 spiro atoms. The van der Waals surface area contributed by atoms with Crippen molar-refractivity contribution in [2.75, 3.05) is 28.3 Å². The number of phenols is 6. The highest BCUT2D eigenvalue weighted by Gasteiger charge is 2.36. The fourth-order valence-corrected chi connectivity index (χ4v) is 9.87. The van der Waals surface area contributed by atoms with Crippen LogP contribution in [-0.2, 0) is 12.8 Å². The van der Waals surface area contributed by atoms with Crippen molar-refractivity contribution < 1.29 is 40.1 Å². The molecule has 302 valence electrons. The Bertz CT molecular complexity index is 2520. The number of aryl methyl sites for hydroxylation is 2. The van der Waals surface area contributed by atoms with E-state index in [-0.39, 0.29) is 69.8 Å². The van der Waals surface area contributed by atoms with Gasteiger partial charge in [-0.1, -0.05) is 12.1 Å². The first-order valence-electron chi connectivity index (χ1n) is 19.8. The third kappa shape index (κ3) is 5.67. The van der Waals surface area contributed by atoms with Gasteiger partial charge < -0.3 is 40.1 Å². The lowest BCUT2D eigenvalue weighted by Gasteiger charge is -2.39. The van der Waals surface area contributed by atoms with Crippen molar-refractivity contribution in [1.82, 2.24) is 9.80 Å². The summed E-state index contributed by atoms with van der Waals surface area (Å²) in [6.45, 7) is 12.1. The third-order valence-electron chi connectivity index (χ3n) is 13.2. The van der Waals surface area contributed by atoms with Crippen LogP contribution in [0.3, 0.4) is 0 Å². The molecule has 2 aliphatic rings. The van der Waals surface area contributed by atoms with Crippen molar-refractivity contribution in [2.24, 2.45) is 0 Å². The molecular weight excluding hydrogens is 733 g/mol. The van der Waals surface area contributed by atoms with E-state index < -0.39 is 0 Å². The molecule has 6 aromatic rings. The Hall–Kier alpha value is -5.84. The quantitative estimate of drug-likeness (QED) is 0.0999. The zero-order valence-corrected chi connectivity index (χ0v) is 34.7. The summed E-state index contributed by atoms with van der Waals surface area (Å²) in [6.07, 6.45) is 1.07. The molecule has 0 fully saturated rings. The lowest BCUT2D eigenvalue weighted by molar-refractivity contribution is 0.176. The van der Waals surface area contributed by atoms with Crippen LogP contribution >= 0.6 is 0 Å². The summed E-state index contributed by atoms with van der Waals surface area (Å²) in [5, 5.41) is 73.3. The average molecular weight is 785 g/mol. The van der Waals surface area contributed by atoms with Gasteiger partial charge in [-0.2, -0.15) is 0 Å². The Morgan fingerprint density at radius 2 is 0.862 bits per heavy atom. The van der Waals surface area contributed by atoms with E-state index in [0.717, 1.165) is 22.3 Å². The number of ether oxygens (including phenoxy) is 2. The molecule has 4 atom stereocenters. The van der Waals surface area contributed by atoms with Crippen LogP contribution in [0.1, 0.15) is 73.2 Å². The van der Waals surface area contributed by atoms with Gasteiger partial charge in [-0.25, -0.2) is 0 Å². The van der Waals surface area contributed by atoms with Crippen LogP contribution in [0.25, 0.3) is 54.9 Å². The summed E-state index contributed by atoms with van der Waals surface area (Å²) in [7, 11) is 7.11. The molecule has 0 unspecified atom stereocenters. The molecule has 10 nitrogen and oxygen atoms in total. The largest absolute Gasteiger partial charge is 0.507 e. The van der Waals surface area contributed by atoms with E-state index in [4.69, 9.17) is 9.47 Å². The highest BCUT2D eigenvalue weighted by Crippen LogP contribution is 2.56. The van der Waals surface area contributed by atoms with Gasteiger partial charge in [-0.15, -0.1) is 0 Å². The summed E-state index contributed by atoms with van der Waals surface area (Å²) in [4.78, 5) is 4.38. The number of hydrogen-bond acceptors (Lipinski definition) is 10. The molecule has 58 heavy (non-hydrogen) atoms. The van der Waals surface area contributed by atoms with Gasteiger partial charge in [0.25, 0.3) is 0 Å².